The van der Waals surface area contributed by atoms with Gasteiger partial charge in [-0.1, -0.05) is 0 Å². The zero-order chi connectivity index (χ0) is 11.8. The lowest BCUT2D eigenvalue weighted by molar-refractivity contribution is -0.130. The molecule has 1 fully saturated rings. The molecule has 0 saturated carbocycles. The van der Waals surface area contributed by atoms with E-state index in [0.29, 0.717) is 25.9 Å². The van der Waals surface area contributed by atoms with Crippen LogP contribution >= 0.6 is 0 Å². The Morgan fingerprint density at radius 3 is 2.44 bits per heavy atom. The normalized spacial score (nSPS) is 15.2. The Hall–Kier alpha value is -1.10. The van der Waals surface area contributed by atoms with Crippen LogP contribution < -0.4 is 10.6 Å². The smallest absolute Gasteiger partial charge is 0.224 e. The maximum atomic E-state index is 11.6. The van der Waals surface area contributed by atoms with Crippen LogP contribution in [-0.4, -0.2) is 49.9 Å². The van der Waals surface area contributed by atoms with Gasteiger partial charge in [0.1, 0.15) is 0 Å². The number of carbonyl (C=O) groups excluding carboxylic acids is 2. The standard InChI is InChI=1S/C11H21N3O2/c1-12-6-4-10(15)13-7-5-11(16)14-8-2-3-9-14/h12H,2-9H2,1H3,(H,13,15). The molecule has 0 aromatic rings. The molecule has 0 unspecified atom stereocenters. The Bertz CT molecular complexity index is 237. The van der Waals surface area contributed by atoms with E-state index in [-0.39, 0.29) is 11.8 Å². The molecule has 0 aromatic carbocycles. The van der Waals surface area contributed by atoms with E-state index in [2.05, 4.69) is 10.6 Å². The van der Waals surface area contributed by atoms with Crippen molar-refractivity contribution in [1.29, 1.82) is 0 Å². The van der Waals surface area contributed by atoms with Crippen molar-refractivity contribution in [3.63, 3.8) is 0 Å². The third-order valence-corrected chi connectivity index (χ3v) is 2.72. The number of hydrogen-bond donors (Lipinski definition) is 2. The summed E-state index contributed by atoms with van der Waals surface area (Å²) in [5, 5.41) is 5.65. The highest BCUT2D eigenvalue weighted by molar-refractivity contribution is 5.79. The second-order valence-corrected chi connectivity index (χ2v) is 4.04. The van der Waals surface area contributed by atoms with E-state index in [1.807, 2.05) is 11.9 Å². The first-order valence-electron chi connectivity index (χ1n) is 5.93. The van der Waals surface area contributed by atoms with E-state index in [1.165, 1.54) is 0 Å². The van der Waals surface area contributed by atoms with Crippen molar-refractivity contribution >= 4 is 11.8 Å². The quantitative estimate of drug-likeness (QED) is 0.656. The van der Waals surface area contributed by atoms with Crippen LogP contribution in [0.3, 0.4) is 0 Å². The molecule has 0 aliphatic carbocycles. The summed E-state index contributed by atoms with van der Waals surface area (Å²) in [5.74, 6) is 0.162. The van der Waals surface area contributed by atoms with Gasteiger partial charge in [0.05, 0.1) is 0 Å². The topological polar surface area (TPSA) is 61.4 Å². The summed E-state index contributed by atoms with van der Waals surface area (Å²) in [6, 6.07) is 0. The number of likely N-dealkylation sites (tertiary alicyclic amines) is 1. The first kappa shape index (κ1) is 13.0. The maximum absolute atomic E-state index is 11.6. The molecule has 5 nitrogen and oxygen atoms in total. The highest BCUT2D eigenvalue weighted by Gasteiger charge is 2.17. The molecule has 1 rings (SSSR count). The van der Waals surface area contributed by atoms with E-state index >= 15 is 0 Å². The average Bonchev–Trinajstić information content (AvgIpc) is 2.79. The van der Waals surface area contributed by atoms with Gasteiger partial charge in [-0.2, -0.15) is 0 Å². The largest absolute Gasteiger partial charge is 0.356 e. The third-order valence-electron chi connectivity index (χ3n) is 2.72. The summed E-state index contributed by atoms with van der Waals surface area (Å²) in [5.41, 5.74) is 0. The van der Waals surface area contributed by atoms with E-state index in [1.54, 1.807) is 0 Å². The lowest BCUT2D eigenvalue weighted by atomic mass is 10.3. The monoisotopic (exact) mass is 227 g/mol. The molecule has 2 N–H and O–H groups in total. The predicted octanol–water partition coefficient (Wildman–Crippen LogP) is -0.275. The van der Waals surface area contributed by atoms with E-state index in [4.69, 9.17) is 0 Å². The van der Waals surface area contributed by atoms with Gasteiger partial charge in [-0.25, -0.2) is 0 Å². The van der Waals surface area contributed by atoms with Gasteiger partial charge in [0.15, 0.2) is 0 Å². The number of nitrogens with one attached hydrogen (secondary N) is 2. The first-order chi connectivity index (χ1) is 7.74. The van der Waals surface area contributed by atoms with Gasteiger partial charge < -0.3 is 15.5 Å². The van der Waals surface area contributed by atoms with E-state index in [0.717, 1.165) is 25.9 Å². The van der Waals surface area contributed by atoms with Gasteiger partial charge in [0.2, 0.25) is 11.8 Å². The SMILES string of the molecule is CNCCC(=O)NCCC(=O)N1CCCC1. The van der Waals surface area contributed by atoms with Crippen LogP contribution in [0.1, 0.15) is 25.7 Å². The summed E-state index contributed by atoms with van der Waals surface area (Å²) in [6.07, 6.45) is 3.11. The van der Waals surface area contributed by atoms with Crippen molar-refractivity contribution < 1.29 is 9.59 Å². The van der Waals surface area contributed by atoms with Crippen LogP contribution in [0.25, 0.3) is 0 Å². The molecular formula is C11H21N3O2. The summed E-state index contributed by atoms with van der Waals surface area (Å²) < 4.78 is 0. The molecule has 1 heterocycles. The zero-order valence-electron chi connectivity index (χ0n) is 9.92. The Morgan fingerprint density at radius 1 is 1.12 bits per heavy atom. The van der Waals surface area contributed by atoms with Gasteiger partial charge in [0.25, 0.3) is 0 Å². The molecule has 2 amide bonds. The third kappa shape index (κ3) is 4.61. The zero-order valence-corrected chi connectivity index (χ0v) is 9.92. The minimum Gasteiger partial charge on any atom is -0.356 e. The van der Waals surface area contributed by atoms with Gasteiger partial charge in [-0.15, -0.1) is 0 Å². The molecule has 0 spiro atoms. The molecule has 5 heteroatoms. The fraction of sp³-hybridized carbons (Fsp3) is 0.818. The molecule has 0 bridgehead atoms. The summed E-state index contributed by atoms with van der Waals surface area (Å²) in [6.45, 7) is 2.89. The van der Waals surface area contributed by atoms with Crippen LogP contribution in [-0.2, 0) is 9.59 Å². The predicted molar refractivity (Wildman–Crippen MR) is 62.0 cm³/mol. The molecular weight excluding hydrogens is 206 g/mol. The fourth-order valence-corrected chi connectivity index (χ4v) is 1.76. The minimum absolute atomic E-state index is 0.00331. The lowest BCUT2D eigenvalue weighted by Crippen LogP contribution is -2.33. The molecule has 92 valence electrons. The van der Waals surface area contributed by atoms with Crippen molar-refractivity contribution in [2.45, 2.75) is 25.7 Å². The van der Waals surface area contributed by atoms with E-state index < -0.39 is 0 Å². The molecule has 1 saturated heterocycles. The first-order valence-corrected chi connectivity index (χ1v) is 5.93. The number of carbonyl (C=O) groups is 2. The summed E-state index contributed by atoms with van der Waals surface area (Å²) in [7, 11) is 1.81. The summed E-state index contributed by atoms with van der Waals surface area (Å²) >= 11 is 0. The fourth-order valence-electron chi connectivity index (χ4n) is 1.76. The molecule has 0 atom stereocenters. The molecule has 1 aliphatic rings. The Kier molecular flexibility index (Phi) is 5.85. The molecule has 0 aromatic heterocycles. The van der Waals surface area contributed by atoms with Gasteiger partial charge >= 0.3 is 0 Å². The van der Waals surface area contributed by atoms with Crippen molar-refractivity contribution in [2.75, 3.05) is 33.2 Å². The molecule has 0 radical (unpaired) electrons. The molecule has 16 heavy (non-hydrogen) atoms. The maximum Gasteiger partial charge on any atom is 0.224 e. The van der Waals surface area contributed by atoms with Crippen molar-refractivity contribution in [3.8, 4) is 0 Å². The highest BCUT2D eigenvalue weighted by Crippen LogP contribution is 2.08. The van der Waals surface area contributed by atoms with Gasteiger partial charge in [-0.05, 0) is 19.9 Å². The number of hydrogen-bond acceptors (Lipinski definition) is 3. The van der Waals surface area contributed by atoms with Gasteiger partial charge in [-0.3, -0.25) is 9.59 Å². The van der Waals surface area contributed by atoms with Crippen LogP contribution in [0.4, 0.5) is 0 Å². The van der Waals surface area contributed by atoms with Crippen molar-refractivity contribution in [3.05, 3.63) is 0 Å². The van der Waals surface area contributed by atoms with Gasteiger partial charge in [0, 0.05) is 39.0 Å². The van der Waals surface area contributed by atoms with Crippen molar-refractivity contribution in [1.82, 2.24) is 15.5 Å². The number of rotatable bonds is 6. The van der Waals surface area contributed by atoms with Crippen LogP contribution in [0.15, 0.2) is 0 Å². The second-order valence-electron chi connectivity index (χ2n) is 4.04. The number of amides is 2. The van der Waals surface area contributed by atoms with Crippen LogP contribution in [0.5, 0.6) is 0 Å². The van der Waals surface area contributed by atoms with Crippen LogP contribution in [0.2, 0.25) is 0 Å². The second kappa shape index (κ2) is 7.22. The van der Waals surface area contributed by atoms with Crippen molar-refractivity contribution in [2.24, 2.45) is 0 Å². The lowest BCUT2D eigenvalue weighted by Gasteiger charge is -2.15. The average molecular weight is 227 g/mol. The number of nitrogens with zero attached hydrogens (tertiary/aromatic N) is 1. The summed E-state index contributed by atoms with van der Waals surface area (Å²) in [4.78, 5) is 24.7. The Labute approximate surface area is 96.6 Å². The molecule has 1 aliphatic heterocycles. The van der Waals surface area contributed by atoms with E-state index in [9.17, 15) is 9.59 Å². The highest BCUT2D eigenvalue weighted by atomic mass is 16.2. The Balaban J connectivity index is 2.05. The minimum atomic E-state index is 0.00331. The Morgan fingerprint density at radius 2 is 1.81 bits per heavy atom. The van der Waals surface area contributed by atoms with Crippen LogP contribution in [0, 0.1) is 0 Å².